The molecule has 0 aliphatic heterocycles. The first-order valence-corrected chi connectivity index (χ1v) is 11.8. The number of aromatic nitrogens is 2. The van der Waals surface area contributed by atoms with Gasteiger partial charge in [-0.3, -0.25) is 4.79 Å². The Labute approximate surface area is 202 Å². The first-order chi connectivity index (χ1) is 16.5. The van der Waals surface area contributed by atoms with E-state index in [1.807, 2.05) is 61.0 Å². The average molecular weight is 476 g/mol. The number of ether oxygens (including phenoxy) is 1. The quantitative estimate of drug-likeness (QED) is 0.275. The maximum atomic E-state index is 12.7. The average Bonchev–Trinajstić information content (AvgIpc) is 3.49. The topological polar surface area (TPSA) is 86.4 Å². The molecule has 0 atom stereocenters. The maximum Gasteiger partial charge on any atom is 0.339 e. The Kier molecular flexibility index (Phi) is 7.49. The molecule has 0 saturated heterocycles. The zero-order valence-electron chi connectivity index (χ0n) is 19.0. The summed E-state index contributed by atoms with van der Waals surface area (Å²) in [6.45, 7) is 4.45. The van der Waals surface area contributed by atoms with E-state index in [0.29, 0.717) is 22.8 Å². The van der Waals surface area contributed by atoms with Gasteiger partial charge in [-0.15, -0.1) is 11.8 Å². The molecule has 174 valence electrons. The Bertz CT molecular complexity index is 1260. The normalized spacial score (nSPS) is 10.8. The molecule has 2 aromatic heterocycles. The third-order valence-electron chi connectivity index (χ3n) is 5.07. The van der Waals surface area contributed by atoms with Gasteiger partial charge in [0.15, 0.2) is 0 Å². The van der Waals surface area contributed by atoms with Crippen molar-refractivity contribution in [3.63, 3.8) is 0 Å². The highest BCUT2D eigenvalue weighted by Gasteiger charge is 2.15. The van der Waals surface area contributed by atoms with E-state index < -0.39 is 5.97 Å². The number of carbonyl (C=O) groups is 2. The van der Waals surface area contributed by atoms with Crippen LogP contribution in [-0.4, -0.2) is 27.4 Å². The lowest BCUT2D eigenvalue weighted by Crippen LogP contribution is -2.24. The minimum Gasteiger partial charge on any atom is -0.467 e. The van der Waals surface area contributed by atoms with E-state index in [1.54, 1.807) is 30.5 Å². The largest absolute Gasteiger partial charge is 0.467 e. The van der Waals surface area contributed by atoms with E-state index in [2.05, 4.69) is 10.4 Å². The molecule has 34 heavy (non-hydrogen) atoms. The number of rotatable bonds is 9. The summed E-state index contributed by atoms with van der Waals surface area (Å²) in [6.07, 6.45) is 1.56. The zero-order chi connectivity index (χ0) is 23.9. The molecule has 7 nitrogen and oxygen atoms in total. The van der Waals surface area contributed by atoms with Gasteiger partial charge in [-0.1, -0.05) is 24.3 Å². The van der Waals surface area contributed by atoms with Crippen molar-refractivity contribution in [1.29, 1.82) is 0 Å². The number of aryl methyl sites for hydroxylation is 2. The smallest absolute Gasteiger partial charge is 0.339 e. The van der Waals surface area contributed by atoms with Gasteiger partial charge >= 0.3 is 5.97 Å². The molecule has 0 aliphatic rings. The molecule has 1 N–H and O–H groups in total. The van der Waals surface area contributed by atoms with E-state index in [-0.39, 0.29) is 18.3 Å². The summed E-state index contributed by atoms with van der Waals surface area (Å²) < 4.78 is 12.6. The van der Waals surface area contributed by atoms with Crippen LogP contribution in [0, 0.1) is 13.8 Å². The van der Waals surface area contributed by atoms with Crippen LogP contribution < -0.4 is 5.32 Å². The number of benzene rings is 2. The van der Waals surface area contributed by atoms with Gasteiger partial charge in [-0.25, -0.2) is 9.48 Å². The van der Waals surface area contributed by atoms with E-state index in [0.717, 1.165) is 22.6 Å². The number of carbonyl (C=O) groups excluding carboxylic acids is 2. The highest BCUT2D eigenvalue weighted by atomic mass is 32.2. The third kappa shape index (κ3) is 5.96. The first kappa shape index (κ1) is 23.4. The molecule has 0 radical (unpaired) electrons. The summed E-state index contributed by atoms with van der Waals surface area (Å²) in [5.74, 6) is 0.290. The first-order valence-electron chi connectivity index (χ1n) is 10.8. The van der Waals surface area contributed by atoms with Crippen molar-refractivity contribution in [2.24, 2.45) is 0 Å². The maximum absolute atomic E-state index is 12.7. The SMILES string of the molecule is Cc1cc(C)n(-c2ccc(COC(=O)c3ccccc3SCC(=O)NCc3ccco3)cc2)n1. The Morgan fingerprint density at radius 3 is 2.56 bits per heavy atom. The van der Waals surface area contributed by atoms with E-state index in [9.17, 15) is 9.59 Å². The molecule has 0 fully saturated rings. The molecule has 8 heteroatoms. The Morgan fingerprint density at radius 1 is 1.06 bits per heavy atom. The van der Waals surface area contributed by atoms with Crippen molar-refractivity contribution in [3.05, 3.63) is 101 Å². The molecule has 4 aromatic rings. The highest BCUT2D eigenvalue weighted by molar-refractivity contribution is 8.00. The van der Waals surface area contributed by atoms with Crippen LogP contribution in [0.1, 0.15) is 33.1 Å². The molecule has 0 spiro atoms. The summed E-state index contributed by atoms with van der Waals surface area (Å²) >= 11 is 1.29. The van der Waals surface area contributed by atoms with Gasteiger partial charge in [0.1, 0.15) is 12.4 Å². The molecule has 0 aliphatic carbocycles. The zero-order valence-corrected chi connectivity index (χ0v) is 19.8. The number of nitrogens with one attached hydrogen (secondary N) is 1. The van der Waals surface area contributed by atoms with Crippen LogP contribution in [0.25, 0.3) is 5.69 Å². The fourth-order valence-electron chi connectivity index (χ4n) is 3.40. The Hall–Kier alpha value is -3.78. The minimum absolute atomic E-state index is 0.146. The number of furan rings is 1. The van der Waals surface area contributed by atoms with Crippen molar-refractivity contribution in [2.75, 3.05) is 5.75 Å². The van der Waals surface area contributed by atoms with Gasteiger partial charge < -0.3 is 14.5 Å². The highest BCUT2D eigenvalue weighted by Crippen LogP contribution is 2.24. The minimum atomic E-state index is -0.429. The fraction of sp³-hybridized carbons (Fsp3) is 0.192. The van der Waals surface area contributed by atoms with Crippen LogP contribution in [0.15, 0.2) is 82.3 Å². The molecule has 0 saturated carbocycles. The molecule has 0 bridgehead atoms. The molecular weight excluding hydrogens is 450 g/mol. The second-order valence-corrected chi connectivity index (χ2v) is 8.74. The molecule has 2 heterocycles. The summed E-state index contributed by atoms with van der Waals surface area (Å²) in [5.41, 5.74) is 4.28. The lowest BCUT2D eigenvalue weighted by Gasteiger charge is -2.10. The number of hydrogen-bond acceptors (Lipinski definition) is 6. The third-order valence-corrected chi connectivity index (χ3v) is 6.14. The van der Waals surface area contributed by atoms with Gasteiger partial charge in [0.05, 0.1) is 35.5 Å². The number of amides is 1. The van der Waals surface area contributed by atoms with E-state index in [4.69, 9.17) is 9.15 Å². The van der Waals surface area contributed by atoms with Crippen LogP contribution in [0.5, 0.6) is 0 Å². The number of esters is 1. The number of nitrogens with zero attached hydrogens (tertiary/aromatic N) is 2. The predicted molar refractivity (Wildman–Crippen MR) is 130 cm³/mol. The van der Waals surface area contributed by atoms with Gasteiger partial charge in [0.25, 0.3) is 0 Å². The number of thioether (sulfide) groups is 1. The Morgan fingerprint density at radius 2 is 1.85 bits per heavy atom. The summed E-state index contributed by atoms with van der Waals surface area (Å²) in [4.78, 5) is 25.6. The molecule has 0 unspecified atom stereocenters. The predicted octanol–water partition coefficient (Wildman–Crippen LogP) is 4.85. The molecule has 1 amide bonds. The van der Waals surface area contributed by atoms with Crippen molar-refractivity contribution in [2.45, 2.75) is 31.9 Å². The second kappa shape index (κ2) is 10.9. The van der Waals surface area contributed by atoms with Crippen molar-refractivity contribution in [1.82, 2.24) is 15.1 Å². The van der Waals surface area contributed by atoms with Crippen molar-refractivity contribution in [3.8, 4) is 5.69 Å². The Balaban J connectivity index is 1.32. The van der Waals surface area contributed by atoms with Gasteiger partial charge in [0.2, 0.25) is 5.91 Å². The van der Waals surface area contributed by atoms with E-state index >= 15 is 0 Å². The van der Waals surface area contributed by atoms with Gasteiger partial charge in [-0.2, -0.15) is 5.10 Å². The summed E-state index contributed by atoms with van der Waals surface area (Å²) in [7, 11) is 0. The molecule has 2 aromatic carbocycles. The number of hydrogen-bond donors (Lipinski definition) is 1. The van der Waals surface area contributed by atoms with E-state index in [1.165, 1.54) is 11.8 Å². The molecule has 4 rings (SSSR count). The summed E-state index contributed by atoms with van der Waals surface area (Å²) in [5, 5.41) is 7.28. The van der Waals surface area contributed by atoms with Gasteiger partial charge in [0, 0.05) is 10.6 Å². The van der Waals surface area contributed by atoms with Crippen LogP contribution in [0.4, 0.5) is 0 Å². The van der Waals surface area contributed by atoms with Crippen LogP contribution >= 0.6 is 11.8 Å². The summed E-state index contributed by atoms with van der Waals surface area (Å²) in [6, 6.07) is 20.5. The standard InChI is InChI=1S/C26H25N3O4S/c1-18-14-19(2)29(28-18)21-11-9-20(10-12-21)16-33-26(31)23-7-3-4-8-24(23)34-17-25(30)27-15-22-6-5-13-32-22/h3-14H,15-17H2,1-2H3,(H,27,30). The molecular formula is C26H25N3O4S. The lowest BCUT2D eigenvalue weighted by molar-refractivity contribution is -0.118. The van der Waals surface area contributed by atoms with Crippen LogP contribution in [0.3, 0.4) is 0 Å². The lowest BCUT2D eigenvalue weighted by atomic mass is 10.2. The second-order valence-electron chi connectivity index (χ2n) is 7.72. The van der Waals surface area contributed by atoms with Crippen molar-refractivity contribution < 1.29 is 18.7 Å². The van der Waals surface area contributed by atoms with Crippen LogP contribution in [-0.2, 0) is 22.7 Å². The van der Waals surface area contributed by atoms with Gasteiger partial charge in [-0.05, 0) is 61.9 Å². The fourth-order valence-corrected chi connectivity index (χ4v) is 4.27. The monoisotopic (exact) mass is 475 g/mol. The van der Waals surface area contributed by atoms with Crippen LogP contribution in [0.2, 0.25) is 0 Å². The van der Waals surface area contributed by atoms with Crippen molar-refractivity contribution >= 4 is 23.6 Å².